The number of benzene rings is 3. The molecule has 0 aromatic heterocycles. The van der Waals surface area contributed by atoms with E-state index in [9.17, 15) is 27.6 Å². The topological polar surface area (TPSA) is 84.9 Å². The summed E-state index contributed by atoms with van der Waals surface area (Å²) in [4.78, 5) is 38.8. The van der Waals surface area contributed by atoms with Gasteiger partial charge in [-0.15, -0.1) is 0 Å². The molecule has 1 aliphatic heterocycles. The molecule has 0 aliphatic carbocycles. The number of urea groups is 1. The minimum absolute atomic E-state index is 0.162. The number of rotatable bonds is 6. The van der Waals surface area contributed by atoms with Gasteiger partial charge in [0.15, 0.2) is 0 Å². The van der Waals surface area contributed by atoms with E-state index in [0.29, 0.717) is 22.3 Å². The Morgan fingerprint density at radius 3 is 2.47 bits per heavy atom. The molecule has 196 valence electrons. The first-order valence-electron chi connectivity index (χ1n) is 11.1. The van der Waals surface area contributed by atoms with Crippen molar-refractivity contribution in [1.29, 1.82) is 0 Å². The molecule has 0 spiro atoms. The fraction of sp³-hybridized carbons (Fsp3) is 0.148. The van der Waals surface area contributed by atoms with Crippen LogP contribution in [0.4, 0.5) is 23.7 Å². The Bertz CT molecular complexity index is 1470. The van der Waals surface area contributed by atoms with Gasteiger partial charge >= 0.3 is 12.2 Å². The first-order chi connectivity index (χ1) is 18.0. The molecule has 4 amide bonds. The minimum atomic E-state index is -4.75. The normalized spacial score (nSPS) is 15.1. The van der Waals surface area contributed by atoms with Gasteiger partial charge in [-0.2, -0.15) is 13.2 Å². The van der Waals surface area contributed by atoms with Gasteiger partial charge in [-0.25, -0.2) is 9.69 Å². The van der Waals surface area contributed by atoms with Crippen molar-refractivity contribution in [2.75, 3.05) is 12.0 Å². The lowest BCUT2D eigenvalue weighted by atomic mass is 10.0. The van der Waals surface area contributed by atoms with Crippen LogP contribution in [0.5, 0.6) is 11.5 Å². The van der Waals surface area contributed by atoms with Crippen LogP contribution in [0.15, 0.2) is 66.2 Å². The molecule has 0 bridgehead atoms. The van der Waals surface area contributed by atoms with Gasteiger partial charge in [0.2, 0.25) is 0 Å². The SMILES string of the molecule is COc1ccc(/C=C2/C(=O)NC(=O)N(c3cc(C(F)(F)F)ccc3Cl)C2=O)c(OCc2cccc(C)c2)c1. The maximum Gasteiger partial charge on any atom is 0.416 e. The van der Waals surface area contributed by atoms with Crippen molar-refractivity contribution in [2.45, 2.75) is 19.7 Å². The van der Waals surface area contributed by atoms with Crippen LogP contribution in [0.1, 0.15) is 22.3 Å². The standard InChI is InChI=1S/C27H20ClF3N2O5/c1-15-4-3-5-16(10-15)14-38-23-13-19(37-2)8-6-17(23)11-20-24(34)32-26(36)33(25(20)35)22-12-18(27(29,30)31)7-9-21(22)28/h3-13H,14H2,1-2H3,(H,32,34,36)/b20-11-. The van der Waals surface area contributed by atoms with Crippen molar-refractivity contribution < 1.29 is 37.0 Å². The monoisotopic (exact) mass is 544 g/mol. The van der Waals surface area contributed by atoms with Crippen LogP contribution < -0.4 is 19.7 Å². The molecule has 38 heavy (non-hydrogen) atoms. The van der Waals surface area contributed by atoms with Crippen LogP contribution in [-0.2, 0) is 22.4 Å². The summed E-state index contributed by atoms with van der Waals surface area (Å²) in [5.74, 6) is -1.47. The highest BCUT2D eigenvalue weighted by molar-refractivity contribution is 6.42. The highest BCUT2D eigenvalue weighted by Crippen LogP contribution is 2.37. The van der Waals surface area contributed by atoms with Gasteiger partial charge in [0.1, 0.15) is 23.7 Å². The highest BCUT2D eigenvalue weighted by atomic mass is 35.5. The van der Waals surface area contributed by atoms with Crippen molar-refractivity contribution in [3.63, 3.8) is 0 Å². The molecule has 1 saturated heterocycles. The number of aryl methyl sites for hydroxylation is 1. The van der Waals surface area contributed by atoms with Crippen LogP contribution in [0, 0.1) is 6.92 Å². The van der Waals surface area contributed by atoms with E-state index >= 15 is 0 Å². The number of alkyl halides is 3. The number of nitrogens with zero attached hydrogens (tertiary/aromatic N) is 1. The maximum absolute atomic E-state index is 13.3. The van der Waals surface area contributed by atoms with Gasteiger partial charge in [-0.3, -0.25) is 14.9 Å². The zero-order valence-corrected chi connectivity index (χ0v) is 20.8. The average Bonchev–Trinajstić information content (AvgIpc) is 2.86. The minimum Gasteiger partial charge on any atom is -0.497 e. The Balaban J connectivity index is 1.73. The Morgan fingerprint density at radius 2 is 1.79 bits per heavy atom. The van der Waals surface area contributed by atoms with Crippen LogP contribution >= 0.6 is 11.6 Å². The third kappa shape index (κ3) is 5.65. The first-order valence-corrected chi connectivity index (χ1v) is 11.5. The number of nitrogens with one attached hydrogen (secondary N) is 1. The lowest BCUT2D eigenvalue weighted by Gasteiger charge is -2.27. The van der Waals surface area contributed by atoms with Crippen LogP contribution in [0.3, 0.4) is 0 Å². The molecule has 1 heterocycles. The van der Waals surface area contributed by atoms with Gasteiger partial charge in [0.05, 0.1) is 23.4 Å². The number of hydrogen-bond acceptors (Lipinski definition) is 5. The number of hydrogen-bond donors (Lipinski definition) is 1. The summed E-state index contributed by atoms with van der Waals surface area (Å²) < 4.78 is 51.0. The zero-order chi connectivity index (χ0) is 27.6. The average molecular weight is 545 g/mol. The Kier molecular flexibility index (Phi) is 7.45. The summed E-state index contributed by atoms with van der Waals surface area (Å²) >= 11 is 6.04. The molecule has 4 rings (SSSR count). The second-order valence-electron chi connectivity index (χ2n) is 8.30. The van der Waals surface area contributed by atoms with Crippen LogP contribution in [0.2, 0.25) is 5.02 Å². The summed E-state index contributed by atoms with van der Waals surface area (Å²) in [6.45, 7) is 2.09. The van der Waals surface area contributed by atoms with Crippen molar-refractivity contribution >= 4 is 41.2 Å². The molecule has 3 aromatic carbocycles. The lowest BCUT2D eigenvalue weighted by molar-refractivity contribution is -0.137. The van der Waals surface area contributed by atoms with E-state index < -0.39 is 40.8 Å². The molecular weight excluding hydrogens is 525 g/mol. The van der Waals surface area contributed by atoms with E-state index in [1.807, 2.05) is 36.5 Å². The van der Waals surface area contributed by atoms with Gasteiger partial charge < -0.3 is 9.47 Å². The number of amides is 4. The lowest BCUT2D eigenvalue weighted by Crippen LogP contribution is -2.54. The number of ether oxygens (including phenoxy) is 2. The Hall–Kier alpha value is -4.31. The molecule has 7 nitrogen and oxygen atoms in total. The second kappa shape index (κ2) is 10.6. The molecule has 1 fully saturated rings. The maximum atomic E-state index is 13.3. The van der Waals surface area contributed by atoms with Crippen LogP contribution in [0.25, 0.3) is 6.08 Å². The molecule has 0 atom stereocenters. The second-order valence-corrected chi connectivity index (χ2v) is 8.71. The Morgan fingerprint density at radius 1 is 1.03 bits per heavy atom. The predicted molar refractivity (Wildman–Crippen MR) is 134 cm³/mol. The molecule has 0 radical (unpaired) electrons. The largest absolute Gasteiger partial charge is 0.497 e. The van der Waals surface area contributed by atoms with Gasteiger partial charge in [0.25, 0.3) is 11.8 Å². The van der Waals surface area contributed by atoms with E-state index in [2.05, 4.69) is 0 Å². The molecule has 1 N–H and O–H groups in total. The fourth-order valence-corrected chi connectivity index (χ4v) is 3.94. The van der Waals surface area contributed by atoms with Gasteiger partial charge in [-0.1, -0.05) is 41.4 Å². The number of carbonyl (C=O) groups is 3. The van der Waals surface area contributed by atoms with Crippen molar-refractivity contribution in [3.8, 4) is 11.5 Å². The number of methoxy groups -OCH3 is 1. The highest BCUT2D eigenvalue weighted by Gasteiger charge is 2.39. The summed E-state index contributed by atoms with van der Waals surface area (Å²) in [6.07, 6.45) is -3.57. The molecule has 3 aromatic rings. The molecule has 11 heteroatoms. The summed E-state index contributed by atoms with van der Waals surface area (Å²) in [5.41, 5.74) is 0.0374. The quantitative estimate of drug-likeness (QED) is 0.307. The summed E-state index contributed by atoms with van der Waals surface area (Å²) in [5, 5.41) is 1.68. The number of halogens is 4. The predicted octanol–water partition coefficient (Wildman–Crippen LogP) is 5.92. The van der Waals surface area contributed by atoms with Crippen molar-refractivity contribution in [2.24, 2.45) is 0 Å². The van der Waals surface area contributed by atoms with E-state index in [1.165, 1.54) is 19.3 Å². The third-order valence-electron chi connectivity index (χ3n) is 5.61. The van der Waals surface area contributed by atoms with E-state index in [4.69, 9.17) is 21.1 Å². The fourth-order valence-electron chi connectivity index (χ4n) is 3.74. The van der Waals surface area contributed by atoms with E-state index in [1.54, 1.807) is 12.1 Å². The number of carbonyl (C=O) groups excluding carboxylic acids is 3. The molecular formula is C27H20ClF3N2O5. The number of anilines is 1. The van der Waals surface area contributed by atoms with Crippen molar-refractivity contribution in [3.05, 3.63) is 93.5 Å². The van der Waals surface area contributed by atoms with Gasteiger partial charge in [-0.05, 0) is 48.9 Å². The number of barbiturate groups is 1. The molecule has 1 aliphatic rings. The smallest absolute Gasteiger partial charge is 0.416 e. The summed E-state index contributed by atoms with van der Waals surface area (Å²) in [6, 6.07) is 13.2. The van der Waals surface area contributed by atoms with E-state index in [-0.39, 0.29) is 17.4 Å². The first kappa shape index (κ1) is 26.7. The van der Waals surface area contributed by atoms with E-state index in [0.717, 1.165) is 23.3 Å². The Labute approximate surface area is 220 Å². The zero-order valence-electron chi connectivity index (χ0n) is 20.1. The molecule has 0 saturated carbocycles. The third-order valence-corrected chi connectivity index (χ3v) is 5.93. The molecule has 0 unspecified atom stereocenters. The van der Waals surface area contributed by atoms with Crippen LogP contribution in [-0.4, -0.2) is 25.0 Å². The van der Waals surface area contributed by atoms with Gasteiger partial charge in [0, 0.05) is 11.6 Å². The number of imide groups is 2. The van der Waals surface area contributed by atoms with Crippen molar-refractivity contribution in [1.82, 2.24) is 5.32 Å². The summed E-state index contributed by atoms with van der Waals surface area (Å²) in [7, 11) is 1.46.